The van der Waals surface area contributed by atoms with E-state index in [2.05, 4.69) is 19.1 Å². The minimum atomic E-state index is -0.417. The van der Waals surface area contributed by atoms with Gasteiger partial charge in [-0.2, -0.15) is 0 Å². The molecule has 0 N–H and O–H groups in total. The average Bonchev–Trinajstić information content (AvgIpc) is 2.70. The summed E-state index contributed by atoms with van der Waals surface area (Å²) < 4.78 is 34.2. The number of hydrogen-bond acceptors (Lipinski definition) is 1. The van der Waals surface area contributed by atoms with Crippen LogP contribution < -0.4 is 4.74 Å². The van der Waals surface area contributed by atoms with Crippen LogP contribution in [0, 0.1) is 17.6 Å². The summed E-state index contributed by atoms with van der Waals surface area (Å²) in [4.78, 5) is 0. The number of ether oxygens (including phenoxy) is 1. The van der Waals surface area contributed by atoms with Gasteiger partial charge in [-0.15, -0.1) is 0 Å². The molecule has 2 aromatic carbocycles. The predicted molar refractivity (Wildman–Crippen MR) is 112 cm³/mol. The Morgan fingerprint density at radius 1 is 0.964 bits per heavy atom. The lowest BCUT2D eigenvalue weighted by Gasteiger charge is -2.29. The van der Waals surface area contributed by atoms with Gasteiger partial charge >= 0.3 is 0 Å². The van der Waals surface area contributed by atoms with E-state index in [4.69, 9.17) is 4.74 Å². The lowest BCUT2D eigenvalue weighted by molar-refractivity contribution is 0.308. The van der Waals surface area contributed by atoms with E-state index in [9.17, 15) is 8.78 Å². The molecule has 0 unspecified atom stereocenters. The van der Waals surface area contributed by atoms with Crippen LogP contribution in [0.4, 0.5) is 8.78 Å². The lowest BCUT2D eigenvalue weighted by Crippen LogP contribution is -2.14. The molecule has 3 heteroatoms. The summed E-state index contributed by atoms with van der Waals surface area (Å²) in [5.74, 6) is 0.699. The van der Waals surface area contributed by atoms with Gasteiger partial charge in [-0.3, -0.25) is 0 Å². The molecule has 1 aliphatic carbocycles. The van der Waals surface area contributed by atoms with E-state index in [0.717, 1.165) is 30.7 Å². The van der Waals surface area contributed by atoms with Crippen LogP contribution in [0.25, 0.3) is 11.1 Å². The van der Waals surface area contributed by atoms with Gasteiger partial charge in [-0.1, -0.05) is 30.4 Å². The summed E-state index contributed by atoms with van der Waals surface area (Å²) in [6, 6.07) is 10.1. The van der Waals surface area contributed by atoms with Gasteiger partial charge < -0.3 is 4.74 Å². The van der Waals surface area contributed by atoms with Crippen molar-refractivity contribution in [2.24, 2.45) is 5.92 Å². The van der Waals surface area contributed by atoms with Gasteiger partial charge in [0, 0.05) is 0 Å². The highest BCUT2D eigenvalue weighted by Gasteiger charge is 2.24. The van der Waals surface area contributed by atoms with Crippen LogP contribution in [0.3, 0.4) is 0 Å². The third-order valence-corrected chi connectivity index (χ3v) is 5.83. The monoisotopic (exact) mass is 384 g/mol. The van der Waals surface area contributed by atoms with Crippen LogP contribution in [0.5, 0.6) is 5.75 Å². The molecule has 0 aromatic heterocycles. The molecule has 0 atom stereocenters. The molecule has 3 rings (SSSR count). The van der Waals surface area contributed by atoms with E-state index in [1.54, 1.807) is 18.2 Å². The zero-order chi connectivity index (χ0) is 19.9. The number of rotatable bonds is 7. The standard InChI is InChI=1S/C25H30F2O/c1-3-5-6-7-18-8-10-19(11-9-18)22-14-12-20(16-23(22)26)21-13-15-25(28-4-2)24(27)17-21/h3,5,12-19H,4,6-11H2,1-2H3/b5-3+. The fourth-order valence-electron chi connectivity index (χ4n) is 4.25. The molecule has 1 saturated carbocycles. The van der Waals surface area contributed by atoms with Crippen molar-refractivity contribution in [1.82, 2.24) is 0 Å². The van der Waals surface area contributed by atoms with E-state index < -0.39 is 5.82 Å². The molecule has 1 aliphatic rings. The first-order valence-corrected chi connectivity index (χ1v) is 10.5. The van der Waals surface area contributed by atoms with Gasteiger partial charge in [0.25, 0.3) is 0 Å². The molecular weight excluding hydrogens is 354 g/mol. The van der Waals surface area contributed by atoms with Crippen LogP contribution in [0.15, 0.2) is 48.6 Å². The lowest BCUT2D eigenvalue weighted by atomic mass is 9.77. The molecule has 1 fully saturated rings. The summed E-state index contributed by atoms with van der Waals surface area (Å²) in [6.07, 6.45) is 11.2. The average molecular weight is 385 g/mol. The van der Waals surface area contributed by atoms with Gasteiger partial charge in [0.15, 0.2) is 11.6 Å². The zero-order valence-corrected chi connectivity index (χ0v) is 16.9. The molecule has 28 heavy (non-hydrogen) atoms. The van der Waals surface area contributed by atoms with Gasteiger partial charge in [0.05, 0.1) is 6.61 Å². The Bertz CT molecular complexity index is 804. The smallest absolute Gasteiger partial charge is 0.165 e. The Labute approximate surface area is 167 Å². The molecule has 0 amide bonds. The molecule has 0 aliphatic heterocycles. The molecule has 0 saturated heterocycles. The molecule has 0 spiro atoms. The van der Waals surface area contributed by atoms with E-state index in [0.29, 0.717) is 23.7 Å². The summed E-state index contributed by atoms with van der Waals surface area (Å²) in [5.41, 5.74) is 2.17. The van der Waals surface area contributed by atoms with Crippen LogP contribution >= 0.6 is 0 Å². The zero-order valence-electron chi connectivity index (χ0n) is 16.9. The maximum absolute atomic E-state index is 14.8. The number of benzene rings is 2. The molecule has 1 nitrogen and oxygen atoms in total. The van der Waals surface area contributed by atoms with Gasteiger partial charge in [0.2, 0.25) is 0 Å². The highest BCUT2D eigenvalue weighted by atomic mass is 19.1. The van der Waals surface area contributed by atoms with Crippen molar-refractivity contribution >= 4 is 0 Å². The normalized spacial score (nSPS) is 19.9. The highest BCUT2D eigenvalue weighted by Crippen LogP contribution is 2.39. The first kappa shape index (κ1) is 20.6. The summed E-state index contributed by atoms with van der Waals surface area (Å²) in [5, 5.41) is 0. The van der Waals surface area contributed by atoms with Crippen molar-refractivity contribution in [1.29, 1.82) is 0 Å². The maximum Gasteiger partial charge on any atom is 0.165 e. The van der Waals surface area contributed by atoms with Crippen molar-refractivity contribution in [3.05, 3.63) is 65.7 Å². The van der Waals surface area contributed by atoms with Gasteiger partial charge in [0.1, 0.15) is 5.82 Å². The van der Waals surface area contributed by atoms with E-state index in [1.165, 1.54) is 25.3 Å². The second-order valence-electron chi connectivity index (χ2n) is 7.68. The predicted octanol–water partition coefficient (Wildman–Crippen LogP) is 7.66. The Hall–Kier alpha value is -2.16. The van der Waals surface area contributed by atoms with Crippen LogP contribution in [0.1, 0.15) is 63.9 Å². The van der Waals surface area contributed by atoms with E-state index in [-0.39, 0.29) is 11.6 Å². The first-order valence-electron chi connectivity index (χ1n) is 10.5. The first-order chi connectivity index (χ1) is 13.6. The van der Waals surface area contributed by atoms with Crippen molar-refractivity contribution in [2.75, 3.05) is 6.61 Å². The third kappa shape index (κ3) is 5.01. The highest BCUT2D eigenvalue weighted by molar-refractivity contribution is 5.65. The Morgan fingerprint density at radius 3 is 2.25 bits per heavy atom. The third-order valence-electron chi connectivity index (χ3n) is 5.83. The summed E-state index contributed by atoms with van der Waals surface area (Å²) in [6.45, 7) is 4.29. The van der Waals surface area contributed by atoms with Crippen molar-refractivity contribution in [2.45, 2.75) is 58.3 Å². The van der Waals surface area contributed by atoms with Gasteiger partial charge in [-0.05, 0) is 99.1 Å². The van der Waals surface area contributed by atoms with E-state index >= 15 is 0 Å². The number of allylic oxidation sites excluding steroid dienone is 2. The van der Waals surface area contributed by atoms with Gasteiger partial charge in [-0.25, -0.2) is 8.78 Å². The van der Waals surface area contributed by atoms with E-state index in [1.807, 2.05) is 19.1 Å². The largest absolute Gasteiger partial charge is 0.491 e. The maximum atomic E-state index is 14.8. The van der Waals surface area contributed by atoms with Crippen LogP contribution in [-0.2, 0) is 0 Å². The van der Waals surface area contributed by atoms with Crippen molar-refractivity contribution in [3.63, 3.8) is 0 Å². The fourth-order valence-corrected chi connectivity index (χ4v) is 4.25. The van der Waals surface area contributed by atoms with Crippen LogP contribution in [0.2, 0.25) is 0 Å². The Morgan fingerprint density at radius 2 is 1.64 bits per heavy atom. The molecule has 0 heterocycles. The second-order valence-corrected chi connectivity index (χ2v) is 7.68. The number of halogens is 2. The van der Waals surface area contributed by atoms with Crippen LogP contribution in [-0.4, -0.2) is 6.61 Å². The molecule has 0 bridgehead atoms. The molecule has 150 valence electrons. The SMILES string of the molecule is C/C=C/CCC1CCC(c2ccc(-c3ccc(OCC)c(F)c3)cc2F)CC1. The summed E-state index contributed by atoms with van der Waals surface area (Å²) in [7, 11) is 0. The Kier molecular flexibility index (Phi) is 7.24. The fraction of sp³-hybridized carbons (Fsp3) is 0.440. The topological polar surface area (TPSA) is 9.23 Å². The summed E-state index contributed by atoms with van der Waals surface area (Å²) >= 11 is 0. The minimum Gasteiger partial charge on any atom is -0.491 e. The molecule has 2 aromatic rings. The Balaban J connectivity index is 1.67. The minimum absolute atomic E-state index is 0.177. The van der Waals surface area contributed by atoms with Crippen molar-refractivity contribution < 1.29 is 13.5 Å². The molecular formula is C25H30F2O. The van der Waals surface area contributed by atoms with Crippen molar-refractivity contribution in [3.8, 4) is 16.9 Å². The molecule has 0 radical (unpaired) electrons. The second kappa shape index (κ2) is 9.86. The quantitative estimate of drug-likeness (QED) is 0.445. The number of hydrogen-bond donors (Lipinski definition) is 0.